The first-order valence-electron chi connectivity index (χ1n) is 8.38. The third-order valence-electron chi connectivity index (χ3n) is 4.66. The molecule has 0 saturated carbocycles. The fourth-order valence-corrected chi connectivity index (χ4v) is 3.42. The molecule has 142 valence electrons. The molecule has 0 amide bonds. The van der Waals surface area contributed by atoms with Crippen LogP contribution in [0.5, 0.6) is 0 Å². The van der Waals surface area contributed by atoms with E-state index in [1.807, 2.05) is 13.8 Å². The SMILES string of the molecule is Cc1cnc2c(-c3ccc(F)cc3F)c(-c3ccc(S(=O)O)cc3)nn2c1C. The molecule has 28 heavy (non-hydrogen) atoms. The summed E-state index contributed by atoms with van der Waals surface area (Å²) < 4.78 is 50.1. The normalized spacial score (nSPS) is 12.5. The summed E-state index contributed by atoms with van der Waals surface area (Å²) in [5.74, 6) is -1.39. The number of aryl methyl sites for hydroxylation is 2. The van der Waals surface area contributed by atoms with Gasteiger partial charge in [0.2, 0.25) is 0 Å². The van der Waals surface area contributed by atoms with Crippen LogP contribution in [0.2, 0.25) is 0 Å². The molecule has 2 heterocycles. The van der Waals surface area contributed by atoms with Crippen molar-refractivity contribution in [3.05, 3.63) is 71.6 Å². The second kappa shape index (κ2) is 6.88. The molecular formula is C20H15F2N3O2S. The Morgan fingerprint density at radius 1 is 1.07 bits per heavy atom. The molecule has 2 aromatic carbocycles. The minimum Gasteiger partial charge on any atom is -0.302 e. The van der Waals surface area contributed by atoms with Crippen LogP contribution >= 0.6 is 0 Å². The minimum absolute atomic E-state index is 0.178. The van der Waals surface area contributed by atoms with E-state index in [1.54, 1.807) is 22.8 Å². The zero-order chi connectivity index (χ0) is 20.0. The molecule has 0 bridgehead atoms. The van der Waals surface area contributed by atoms with Gasteiger partial charge in [-0.05, 0) is 43.7 Å². The maximum atomic E-state index is 14.6. The van der Waals surface area contributed by atoms with Crippen LogP contribution in [0.1, 0.15) is 11.3 Å². The summed E-state index contributed by atoms with van der Waals surface area (Å²) in [5, 5.41) is 4.61. The summed E-state index contributed by atoms with van der Waals surface area (Å²) in [7, 11) is 0. The highest BCUT2D eigenvalue weighted by Crippen LogP contribution is 2.36. The van der Waals surface area contributed by atoms with Crippen molar-refractivity contribution in [2.75, 3.05) is 0 Å². The molecule has 0 aliphatic heterocycles. The van der Waals surface area contributed by atoms with Gasteiger partial charge < -0.3 is 4.55 Å². The van der Waals surface area contributed by atoms with Crippen LogP contribution in [-0.4, -0.2) is 23.4 Å². The Hall–Kier alpha value is -2.97. The van der Waals surface area contributed by atoms with Gasteiger partial charge in [-0.1, -0.05) is 12.1 Å². The predicted octanol–water partition coefficient (Wildman–Crippen LogP) is 4.54. The lowest BCUT2D eigenvalue weighted by atomic mass is 10.0. The van der Waals surface area contributed by atoms with E-state index >= 15 is 0 Å². The van der Waals surface area contributed by atoms with Gasteiger partial charge in [0.05, 0.1) is 10.5 Å². The van der Waals surface area contributed by atoms with Crippen LogP contribution < -0.4 is 0 Å². The van der Waals surface area contributed by atoms with Gasteiger partial charge in [-0.3, -0.25) is 0 Å². The van der Waals surface area contributed by atoms with Gasteiger partial charge in [-0.2, -0.15) is 5.10 Å². The number of fused-ring (bicyclic) bond motifs is 1. The average Bonchev–Trinajstić information content (AvgIpc) is 3.05. The lowest BCUT2D eigenvalue weighted by Gasteiger charge is -2.06. The van der Waals surface area contributed by atoms with Crippen molar-refractivity contribution < 1.29 is 17.5 Å². The molecule has 1 atom stereocenters. The van der Waals surface area contributed by atoms with Crippen LogP contribution in [0.25, 0.3) is 28.0 Å². The number of nitrogens with zero attached hydrogens (tertiary/aromatic N) is 3. The molecule has 2 aromatic heterocycles. The molecule has 4 aromatic rings. The number of rotatable bonds is 3. The van der Waals surface area contributed by atoms with E-state index in [-0.39, 0.29) is 10.5 Å². The Labute approximate surface area is 162 Å². The lowest BCUT2D eigenvalue weighted by molar-refractivity contribution is 0.564. The zero-order valence-electron chi connectivity index (χ0n) is 15.0. The van der Waals surface area contributed by atoms with E-state index in [2.05, 4.69) is 10.1 Å². The van der Waals surface area contributed by atoms with Crippen LogP contribution in [0, 0.1) is 25.5 Å². The van der Waals surface area contributed by atoms with Crippen LogP contribution in [-0.2, 0) is 11.1 Å². The van der Waals surface area contributed by atoms with Crippen LogP contribution in [0.4, 0.5) is 8.78 Å². The number of hydrogen-bond acceptors (Lipinski definition) is 3. The van der Waals surface area contributed by atoms with Gasteiger partial charge in [-0.15, -0.1) is 0 Å². The maximum absolute atomic E-state index is 14.6. The van der Waals surface area contributed by atoms with Crippen molar-refractivity contribution in [3.63, 3.8) is 0 Å². The first-order valence-corrected chi connectivity index (χ1v) is 9.49. The highest BCUT2D eigenvalue weighted by Gasteiger charge is 2.22. The van der Waals surface area contributed by atoms with Gasteiger partial charge in [0.25, 0.3) is 0 Å². The standard InChI is InChI=1S/C20H15F2N3O2S/c1-11-10-23-20-18(16-8-5-14(21)9-17(16)22)19(24-25(20)12(11)2)13-3-6-15(7-4-13)28(26)27/h3-10H,1-2H3,(H,26,27). The van der Waals surface area contributed by atoms with E-state index in [9.17, 15) is 17.5 Å². The smallest absolute Gasteiger partial charge is 0.186 e. The Balaban J connectivity index is 2.04. The van der Waals surface area contributed by atoms with Crippen molar-refractivity contribution >= 4 is 16.7 Å². The second-order valence-electron chi connectivity index (χ2n) is 6.38. The first-order chi connectivity index (χ1) is 13.4. The summed E-state index contributed by atoms with van der Waals surface area (Å²) in [4.78, 5) is 4.67. The van der Waals surface area contributed by atoms with E-state index in [0.29, 0.717) is 22.5 Å². The lowest BCUT2D eigenvalue weighted by Crippen LogP contribution is -1.98. The highest BCUT2D eigenvalue weighted by atomic mass is 32.2. The molecule has 1 unspecified atom stereocenters. The van der Waals surface area contributed by atoms with Gasteiger partial charge in [0.15, 0.2) is 16.7 Å². The van der Waals surface area contributed by atoms with Crippen molar-refractivity contribution in [1.82, 2.24) is 14.6 Å². The van der Waals surface area contributed by atoms with E-state index in [1.165, 1.54) is 24.3 Å². The number of aromatic nitrogens is 3. The molecule has 1 N–H and O–H groups in total. The highest BCUT2D eigenvalue weighted by molar-refractivity contribution is 7.79. The second-order valence-corrected chi connectivity index (χ2v) is 7.35. The summed E-state index contributed by atoms with van der Waals surface area (Å²) in [6.07, 6.45) is 1.68. The third-order valence-corrected chi connectivity index (χ3v) is 5.34. The zero-order valence-corrected chi connectivity index (χ0v) is 15.8. The largest absolute Gasteiger partial charge is 0.302 e. The molecule has 0 fully saturated rings. The van der Waals surface area contributed by atoms with Crippen molar-refractivity contribution in [1.29, 1.82) is 0 Å². The van der Waals surface area contributed by atoms with Crippen molar-refractivity contribution in [3.8, 4) is 22.4 Å². The Morgan fingerprint density at radius 2 is 1.79 bits per heavy atom. The quantitative estimate of drug-likeness (QED) is 0.514. The van der Waals surface area contributed by atoms with Crippen LogP contribution in [0.3, 0.4) is 0 Å². The number of halogens is 2. The molecule has 0 aliphatic carbocycles. The molecule has 8 heteroatoms. The summed E-state index contributed by atoms with van der Waals surface area (Å²) in [5.41, 5.74) is 3.87. The van der Waals surface area contributed by atoms with E-state index in [4.69, 9.17) is 0 Å². The van der Waals surface area contributed by atoms with Gasteiger partial charge in [0.1, 0.15) is 17.3 Å². The van der Waals surface area contributed by atoms with Crippen molar-refractivity contribution in [2.45, 2.75) is 18.7 Å². The average molecular weight is 399 g/mol. The van der Waals surface area contributed by atoms with E-state index in [0.717, 1.165) is 17.3 Å². The van der Waals surface area contributed by atoms with Gasteiger partial charge in [-0.25, -0.2) is 22.5 Å². The Kier molecular flexibility index (Phi) is 4.52. The molecule has 0 aliphatic rings. The minimum atomic E-state index is -2.10. The topological polar surface area (TPSA) is 67.5 Å². The molecule has 0 radical (unpaired) electrons. The number of benzene rings is 2. The summed E-state index contributed by atoms with van der Waals surface area (Å²) in [6.45, 7) is 3.77. The maximum Gasteiger partial charge on any atom is 0.186 e. The van der Waals surface area contributed by atoms with Gasteiger partial charge >= 0.3 is 0 Å². The number of hydrogen-bond donors (Lipinski definition) is 1. The molecule has 0 spiro atoms. The molecule has 5 nitrogen and oxygen atoms in total. The fraction of sp³-hybridized carbons (Fsp3) is 0.100. The van der Waals surface area contributed by atoms with Gasteiger partial charge in [0, 0.05) is 29.1 Å². The predicted molar refractivity (Wildman–Crippen MR) is 102 cm³/mol. The Morgan fingerprint density at radius 3 is 2.43 bits per heavy atom. The Bertz CT molecular complexity index is 1240. The van der Waals surface area contributed by atoms with E-state index < -0.39 is 22.7 Å². The monoisotopic (exact) mass is 399 g/mol. The first kappa shape index (κ1) is 18.4. The molecular weight excluding hydrogens is 384 g/mol. The molecule has 0 saturated heterocycles. The summed E-state index contributed by atoms with van der Waals surface area (Å²) >= 11 is -2.10. The fourth-order valence-electron chi connectivity index (χ4n) is 3.05. The molecule has 4 rings (SSSR count). The summed E-state index contributed by atoms with van der Waals surface area (Å²) in [6, 6.07) is 9.65. The van der Waals surface area contributed by atoms with Crippen LogP contribution in [0.15, 0.2) is 53.6 Å². The van der Waals surface area contributed by atoms with Crippen molar-refractivity contribution in [2.24, 2.45) is 0 Å². The third kappa shape index (κ3) is 3.00.